The maximum Gasteiger partial charge on any atom is 0.326 e. The molecule has 2 aliphatic rings. The third kappa shape index (κ3) is 6.73. The summed E-state index contributed by atoms with van der Waals surface area (Å²) >= 11 is 14.1. The fraction of sp³-hybridized carbons (Fsp3) is 0.438. The standard InChI is InChI=1S/C32H38Cl2N6O4S2/c1-31(22-7-11-24(33)12-8-22)32(2,23-9-13-25(34)14-10-23)40(27(37-31)26-21-35-29(45-4)36-28(26)44-3)30(41)39-18-16-38(17-19-39)15-6-20-46(5,42)43/h7-14,21H,6,15-20H2,1-5H3. The first-order chi connectivity index (χ1) is 21.8. The summed E-state index contributed by atoms with van der Waals surface area (Å²) in [4.78, 5) is 35.2. The smallest absolute Gasteiger partial charge is 0.326 e. The number of hydrogen-bond acceptors (Lipinski definition) is 9. The second-order valence-electron chi connectivity index (χ2n) is 11.8. The number of urea groups is 1. The molecule has 3 heterocycles. The molecule has 1 saturated heterocycles. The molecule has 2 aliphatic heterocycles. The van der Waals surface area contributed by atoms with Crippen LogP contribution in [0.3, 0.4) is 0 Å². The van der Waals surface area contributed by atoms with E-state index in [1.807, 2.05) is 73.5 Å². The van der Waals surface area contributed by atoms with Crippen LogP contribution in [0, 0.1) is 0 Å². The first kappa shape index (κ1) is 34.4. The molecular formula is C32H38Cl2N6O4S2. The van der Waals surface area contributed by atoms with E-state index in [0.29, 0.717) is 71.6 Å². The van der Waals surface area contributed by atoms with Gasteiger partial charge in [-0.15, -0.1) is 0 Å². The number of ether oxygens (including phenoxy) is 1. The summed E-state index contributed by atoms with van der Waals surface area (Å²) in [6.45, 7) is 6.86. The topological polar surface area (TPSA) is 108 Å². The number of nitrogens with zero attached hydrogens (tertiary/aromatic N) is 6. The van der Waals surface area contributed by atoms with E-state index in [4.69, 9.17) is 32.9 Å². The van der Waals surface area contributed by atoms with Crippen molar-refractivity contribution >= 4 is 56.7 Å². The molecule has 0 saturated carbocycles. The van der Waals surface area contributed by atoms with E-state index >= 15 is 0 Å². The van der Waals surface area contributed by atoms with Crippen LogP contribution in [-0.4, -0.2) is 103 Å². The number of methoxy groups -OCH3 is 1. The summed E-state index contributed by atoms with van der Waals surface area (Å²) in [5, 5.41) is 1.70. The Kier molecular flexibility index (Phi) is 10.2. The van der Waals surface area contributed by atoms with Crippen LogP contribution >= 0.6 is 35.0 Å². The first-order valence-corrected chi connectivity index (χ1v) is 18.9. The van der Waals surface area contributed by atoms with Crippen molar-refractivity contribution in [1.82, 2.24) is 24.7 Å². The van der Waals surface area contributed by atoms with Crippen molar-refractivity contribution in [2.75, 3.05) is 58.1 Å². The molecule has 0 bridgehead atoms. The number of amides is 2. The number of sulfone groups is 1. The molecule has 0 spiro atoms. The van der Waals surface area contributed by atoms with E-state index < -0.39 is 20.9 Å². The van der Waals surface area contributed by atoms with Gasteiger partial charge < -0.3 is 9.64 Å². The lowest BCUT2D eigenvalue weighted by atomic mass is 9.71. The summed E-state index contributed by atoms with van der Waals surface area (Å²) in [6, 6.07) is 14.8. The van der Waals surface area contributed by atoms with Crippen LogP contribution in [-0.2, 0) is 20.9 Å². The molecule has 0 aliphatic carbocycles. The Bertz CT molecular complexity index is 1720. The molecule has 0 radical (unpaired) electrons. The fourth-order valence-corrected chi connectivity index (χ4v) is 7.42. The van der Waals surface area contributed by atoms with Crippen LogP contribution in [0.15, 0.2) is 64.9 Å². The lowest BCUT2D eigenvalue weighted by Gasteiger charge is -2.47. The van der Waals surface area contributed by atoms with Crippen LogP contribution in [0.25, 0.3) is 0 Å². The molecule has 5 rings (SSSR count). The number of halogens is 2. The first-order valence-electron chi connectivity index (χ1n) is 14.9. The van der Waals surface area contributed by atoms with Gasteiger partial charge in [0.05, 0.1) is 18.4 Å². The van der Waals surface area contributed by atoms with Crippen LogP contribution in [0.1, 0.15) is 37.0 Å². The van der Waals surface area contributed by atoms with Crippen molar-refractivity contribution in [3.05, 3.63) is 81.5 Å². The minimum Gasteiger partial charge on any atom is -0.480 e. The maximum atomic E-state index is 14.9. The van der Waals surface area contributed by atoms with Gasteiger partial charge in [0.25, 0.3) is 0 Å². The average molecular weight is 706 g/mol. The lowest BCUT2D eigenvalue weighted by Crippen LogP contribution is -2.60. The summed E-state index contributed by atoms with van der Waals surface area (Å²) in [5.41, 5.74) is 0.145. The Labute approximate surface area is 285 Å². The largest absolute Gasteiger partial charge is 0.480 e. The zero-order valence-electron chi connectivity index (χ0n) is 26.5. The second kappa shape index (κ2) is 13.7. The van der Waals surface area contributed by atoms with Crippen molar-refractivity contribution in [1.29, 1.82) is 0 Å². The zero-order chi connectivity index (χ0) is 33.3. The zero-order valence-corrected chi connectivity index (χ0v) is 29.7. The number of thioether (sulfide) groups is 1. The number of piperazine rings is 1. The number of aliphatic imine (C=N–C) groups is 1. The predicted molar refractivity (Wildman–Crippen MR) is 184 cm³/mol. The fourth-order valence-electron chi connectivity index (χ4n) is 6.18. The highest BCUT2D eigenvalue weighted by Gasteiger charge is 2.60. The van der Waals surface area contributed by atoms with Crippen molar-refractivity contribution in [3.63, 3.8) is 0 Å². The number of benzene rings is 2. The molecule has 0 N–H and O–H groups in total. The van der Waals surface area contributed by atoms with E-state index in [0.717, 1.165) is 11.1 Å². The van der Waals surface area contributed by atoms with Crippen molar-refractivity contribution in [2.45, 2.75) is 36.5 Å². The normalized spacial score (nSPS) is 22.2. The van der Waals surface area contributed by atoms with Crippen LogP contribution < -0.4 is 4.74 Å². The summed E-state index contributed by atoms with van der Waals surface area (Å²) < 4.78 is 29.0. The SMILES string of the molecule is COc1nc(SC)ncc1C1=NC(C)(c2ccc(Cl)cc2)C(C)(c2ccc(Cl)cc2)N1C(=O)N1CCN(CCCS(C)(=O)=O)CC1. The van der Waals surface area contributed by atoms with E-state index in [2.05, 4.69) is 14.9 Å². The third-order valence-corrected chi connectivity index (χ3v) is 11.0. The summed E-state index contributed by atoms with van der Waals surface area (Å²) in [5.74, 6) is 0.840. The predicted octanol–water partition coefficient (Wildman–Crippen LogP) is 5.58. The lowest BCUT2D eigenvalue weighted by molar-refractivity contribution is 0.0868. The van der Waals surface area contributed by atoms with E-state index in [-0.39, 0.29) is 11.8 Å². The van der Waals surface area contributed by atoms with Gasteiger partial charge in [0, 0.05) is 48.7 Å². The van der Waals surface area contributed by atoms with Crippen molar-refractivity contribution in [3.8, 4) is 5.88 Å². The molecule has 46 heavy (non-hydrogen) atoms. The van der Waals surface area contributed by atoms with Gasteiger partial charge in [-0.1, -0.05) is 59.2 Å². The van der Waals surface area contributed by atoms with Gasteiger partial charge in [-0.05, 0) is 68.5 Å². The Morgan fingerprint density at radius 2 is 1.57 bits per heavy atom. The summed E-state index contributed by atoms with van der Waals surface area (Å²) in [7, 11) is -1.49. The molecule has 14 heteroatoms. The average Bonchev–Trinajstić information content (AvgIpc) is 3.28. The van der Waals surface area contributed by atoms with E-state index in [1.165, 1.54) is 25.1 Å². The molecule has 1 aromatic heterocycles. The van der Waals surface area contributed by atoms with Crippen LogP contribution in [0.5, 0.6) is 5.88 Å². The number of hydrogen-bond donors (Lipinski definition) is 0. The molecule has 2 amide bonds. The molecule has 1 fully saturated rings. The number of rotatable bonds is 9. The molecule has 2 unspecified atom stereocenters. The number of amidine groups is 1. The van der Waals surface area contributed by atoms with Crippen molar-refractivity contribution in [2.24, 2.45) is 4.99 Å². The van der Waals surface area contributed by atoms with Gasteiger partial charge in [0.15, 0.2) is 5.16 Å². The Hall–Kier alpha value is -2.90. The molecule has 246 valence electrons. The van der Waals surface area contributed by atoms with Gasteiger partial charge in [0.2, 0.25) is 5.88 Å². The quantitative estimate of drug-likeness (QED) is 0.210. The third-order valence-electron chi connectivity index (χ3n) is 8.92. The number of aromatic nitrogens is 2. The minimum absolute atomic E-state index is 0.141. The van der Waals surface area contributed by atoms with Crippen LogP contribution in [0.4, 0.5) is 4.79 Å². The van der Waals surface area contributed by atoms with Gasteiger partial charge in [-0.25, -0.2) is 18.2 Å². The maximum absolute atomic E-state index is 14.9. The highest BCUT2D eigenvalue weighted by atomic mass is 35.5. The Morgan fingerprint density at radius 3 is 2.11 bits per heavy atom. The van der Waals surface area contributed by atoms with Crippen LogP contribution in [0.2, 0.25) is 10.0 Å². The molecule has 2 atom stereocenters. The Balaban J connectivity index is 1.61. The number of carbonyl (C=O) groups excluding carboxylic acids is 1. The minimum atomic E-state index is -3.03. The second-order valence-corrected chi connectivity index (χ2v) is 15.7. The summed E-state index contributed by atoms with van der Waals surface area (Å²) in [6.07, 6.45) is 5.35. The van der Waals surface area contributed by atoms with E-state index in [1.54, 1.807) is 11.1 Å². The van der Waals surface area contributed by atoms with Gasteiger partial charge in [-0.2, -0.15) is 4.98 Å². The molecule has 2 aromatic carbocycles. The van der Waals surface area contributed by atoms with Gasteiger partial charge in [-0.3, -0.25) is 14.8 Å². The molecular weight excluding hydrogens is 667 g/mol. The number of carbonyl (C=O) groups is 1. The molecule has 10 nitrogen and oxygen atoms in total. The van der Waals surface area contributed by atoms with E-state index in [9.17, 15) is 13.2 Å². The van der Waals surface area contributed by atoms with Gasteiger partial charge >= 0.3 is 6.03 Å². The highest BCUT2D eigenvalue weighted by Crippen LogP contribution is 2.54. The Morgan fingerprint density at radius 1 is 0.978 bits per heavy atom. The molecule has 3 aromatic rings. The van der Waals surface area contributed by atoms with Crippen molar-refractivity contribution < 1.29 is 17.9 Å². The highest BCUT2D eigenvalue weighted by molar-refractivity contribution is 7.98. The van der Waals surface area contributed by atoms with Gasteiger partial charge in [0.1, 0.15) is 26.8 Å². The monoisotopic (exact) mass is 704 g/mol.